The highest BCUT2D eigenvalue weighted by Gasteiger charge is 2.17. The summed E-state index contributed by atoms with van der Waals surface area (Å²) in [7, 11) is 1.31. The fourth-order valence-corrected chi connectivity index (χ4v) is 2.28. The Morgan fingerprint density at radius 1 is 1.26 bits per heavy atom. The number of esters is 1. The number of benzene rings is 1. The number of halogens is 1. The normalized spacial score (nSPS) is 10.3. The number of para-hydroxylation sites is 1. The van der Waals surface area contributed by atoms with Crippen molar-refractivity contribution in [2.45, 2.75) is 6.92 Å². The molecule has 0 saturated heterocycles. The third-order valence-electron chi connectivity index (χ3n) is 2.82. The van der Waals surface area contributed by atoms with Gasteiger partial charge in [0.2, 0.25) is 0 Å². The van der Waals surface area contributed by atoms with Crippen LogP contribution in [0.4, 0.5) is 0 Å². The van der Waals surface area contributed by atoms with E-state index >= 15 is 0 Å². The Bertz CT molecular complexity index is 677. The van der Waals surface area contributed by atoms with Gasteiger partial charge in [-0.1, -0.05) is 18.2 Å². The second-order valence-electron chi connectivity index (χ2n) is 3.96. The molecule has 19 heavy (non-hydrogen) atoms. The number of nitrogens with zero attached hydrogens (tertiary/aromatic N) is 1. The van der Waals surface area contributed by atoms with E-state index in [4.69, 9.17) is 4.74 Å². The van der Waals surface area contributed by atoms with E-state index < -0.39 is 5.97 Å². The van der Waals surface area contributed by atoms with Gasteiger partial charge >= 0.3 is 5.97 Å². The Morgan fingerprint density at radius 3 is 2.47 bits per heavy atom. The van der Waals surface area contributed by atoms with Crippen molar-refractivity contribution < 1.29 is 9.53 Å². The van der Waals surface area contributed by atoms with Crippen LogP contribution in [0.25, 0.3) is 5.69 Å². The molecule has 2 aromatic rings. The lowest BCUT2D eigenvalue weighted by Gasteiger charge is -2.13. The lowest BCUT2D eigenvalue weighted by atomic mass is 10.2. The number of methoxy groups -OCH3 is 1. The minimum absolute atomic E-state index is 0.212. The van der Waals surface area contributed by atoms with Crippen LogP contribution in [-0.2, 0) is 4.74 Å². The Balaban J connectivity index is 2.77. The molecule has 1 heterocycles. The van der Waals surface area contributed by atoms with Crippen molar-refractivity contribution in [3.63, 3.8) is 0 Å². The first-order chi connectivity index (χ1) is 9.06. The first-order valence-electron chi connectivity index (χ1n) is 5.62. The number of hydrogen-bond donors (Lipinski definition) is 0. The van der Waals surface area contributed by atoms with Crippen LogP contribution in [0.1, 0.15) is 16.1 Å². The van der Waals surface area contributed by atoms with E-state index in [1.165, 1.54) is 17.7 Å². The summed E-state index contributed by atoms with van der Waals surface area (Å²) in [5.74, 6) is -0.470. The SMILES string of the molecule is COC(=O)c1cc(Br)c(=O)n(-c2ccccc2)c1C. The summed E-state index contributed by atoms with van der Waals surface area (Å²) in [5, 5.41) is 0. The molecule has 0 bridgehead atoms. The fraction of sp³-hybridized carbons (Fsp3) is 0.143. The van der Waals surface area contributed by atoms with E-state index in [0.29, 0.717) is 21.4 Å². The molecule has 0 unspecified atom stereocenters. The molecule has 0 radical (unpaired) electrons. The first-order valence-corrected chi connectivity index (χ1v) is 6.41. The molecule has 0 atom stereocenters. The number of rotatable bonds is 2. The topological polar surface area (TPSA) is 48.3 Å². The molecule has 1 aromatic carbocycles. The molecule has 0 fully saturated rings. The molecule has 4 nitrogen and oxygen atoms in total. The summed E-state index contributed by atoms with van der Waals surface area (Å²) in [4.78, 5) is 23.9. The summed E-state index contributed by atoms with van der Waals surface area (Å²) in [6.07, 6.45) is 0. The number of hydrogen-bond acceptors (Lipinski definition) is 3. The van der Waals surface area contributed by atoms with Crippen molar-refractivity contribution in [1.82, 2.24) is 4.57 Å². The third kappa shape index (κ3) is 2.46. The highest BCUT2D eigenvalue weighted by molar-refractivity contribution is 9.10. The van der Waals surface area contributed by atoms with Crippen LogP contribution in [0.2, 0.25) is 0 Å². The van der Waals surface area contributed by atoms with Crippen molar-refractivity contribution in [1.29, 1.82) is 0 Å². The molecule has 0 N–H and O–H groups in total. The average Bonchev–Trinajstić information content (AvgIpc) is 2.43. The molecule has 0 aliphatic rings. The Hall–Kier alpha value is -1.88. The van der Waals surface area contributed by atoms with E-state index in [0.717, 1.165) is 0 Å². The molecule has 5 heteroatoms. The largest absolute Gasteiger partial charge is 0.465 e. The highest BCUT2D eigenvalue weighted by Crippen LogP contribution is 2.17. The summed E-state index contributed by atoms with van der Waals surface area (Å²) >= 11 is 3.18. The quantitative estimate of drug-likeness (QED) is 0.799. The van der Waals surface area contributed by atoms with Crippen molar-refractivity contribution in [3.05, 3.63) is 62.5 Å². The van der Waals surface area contributed by atoms with Gasteiger partial charge in [0.25, 0.3) is 5.56 Å². The Morgan fingerprint density at radius 2 is 1.89 bits per heavy atom. The van der Waals surface area contributed by atoms with Gasteiger partial charge in [-0.3, -0.25) is 9.36 Å². The maximum atomic E-state index is 12.2. The van der Waals surface area contributed by atoms with Gasteiger partial charge in [0.05, 0.1) is 17.1 Å². The van der Waals surface area contributed by atoms with Crippen LogP contribution >= 0.6 is 15.9 Å². The van der Waals surface area contributed by atoms with Crippen molar-refractivity contribution in [2.24, 2.45) is 0 Å². The average molecular weight is 322 g/mol. The zero-order chi connectivity index (χ0) is 14.0. The van der Waals surface area contributed by atoms with Gasteiger partial charge in [0.15, 0.2) is 0 Å². The van der Waals surface area contributed by atoms with Crippen LogP contribution in [0.15, 0.2) is 45.7 Å². The lowest BCUT2D eigenvalue weighted by Crippen LogP contribution is -2.24. The zero-order valence-electron chi connectivity index (χ0n) is 10.5. The molecular weight excluding hydrogens is 310 g/mol. The maximum Gasteiger partial charge on any atom is 0.339 e. The monoisotopic (exact) mass is 321 g/mol. The van der Waals surface area contributed by atoms with Crippen molar-refractivity contribution in [3.8, 4) is 5.69 Å². The molecule has 0 aliphatic carbocycles. The Labute approximate surface area is 118 Å². The van der Waals surface area contributed by atoms with E-state index in [2.05, 4.69) is 15.9 Å². The second-order valence-corrected chi connectivity index (χ2v) is 4.81. The van der Waals surface area contributed by atoms with Crippen molar-refractivity contribution >= 4 is 21.9 Å². The maximum absolute atomic E-state index is 12.2. The molecule has 2 rings (SSSR count). The molecule has 0 amide bonds. The zero-order valence-corrected chi connectivity index (χ0v) is 12.1. The number of carbonyl (C=O) groups is 1. The van der Waals surface area contributed by atoms with Crippen LogP contribution in [0, 0.1) is 6.92 Å². The fourth-order valence-electron chi connectivity index (χ4n) is 1.88. The van der Waals surface area contributed by atoms with E-state index in [1.807, 2.05) is 30.3 Å². The van der Waals surface area contributed by atoms with E-state index in [1.54, 1.807) is 6.92 Å². The van der Waals surface area contributed by atoms with Crippen LogP contribution in [0.5, 0.6) is 0 Å². The predicted octanol–water partition coefficient (Wildman–Crippen LogP) is 2.70. The van der Waals surface area contributed by atoms with Gasteiger partial charge in [-0.2, -0.15) is 0 Å². The summed E-state index contributed by atoms with van der Waals surface area (Å²) in [6.45, 7) is 1.72. The molecule has 1 aromatic heterocycles. The molecule has 0 spiro atoms. The van der Waals surface area contributed by atoms with Gasteiger partial charge in [-0.15, -0.1) is 0 Å². The smallest absolute Gasteiger partial charge is 0.339 e. The number of aromatic nitrogens is 1. The Kier molecular flexibility index (Phi) is 3.85. The lowest BCUT2D eigenvalue weighted by molar-refractivity contribution is 0.0599. The van der Waals surface area contributed by atoms with E-state index in [-0.39, 0.29) is 5.56 Å². The van der Waals surface area contributed by atoms with Gasteiger partial charge in [-0.25, -0.2) is 4.79 Å². The van der Waals surface area contributed by atoms with Crippen LogP contribution in [-0.4, -0.2) is 17.6 Å². The number of ether oxygens (including phenoxy) is 1. The van der Waals surface area contributed by atoms with Gasteiger partial charge in [0.1, 0.15) is 0 Å². The predicted molar refractivity (Wildman–Crippen MR) is 75.8 cm³/mol. The number of pyridine rings is 1. The summed E-state index contributed by atoms with van der Waals surface area (Å²) in [5.41, 5.74) is 1.40. The highest BCUT2D eigenvalue weighted by atomic mass is 79.9. The van der Waals surface area contributed by atoms with E-state index in [9.17, 15) is 9.59 Å². The van der Waals surface area contributed by atoms with Crippen molar-refractivity contribution in [2.75, 3.05) is 7.11 Å². The van der Waals surface area contributed by atoms with Gasteiger partial charge in [-0.05, 0) is 41.1 Å². The molecule has 98 valence electrons. The standard InChI is InChI=1S/C14H12BrNO3/c1-9-11(14(18)19-2)8-12(15)13(17)16(9)10-6-4-3-5-7-10/h3-8H,1-2H3. The molecule has 0 saturated carbocycles. The van der Waals surface area contributed by atoms with Gasteiger partial charge < -0.3 is 4.74 Å². The van der Waals surface area contributed by atoms with Crippen LogP contribution in [0.3, 0.4) is 0 Å². The minimum atomic E-state index is -0.470. The van der Waals surface area contributed by atoms with Gasteiger partial charge in [0, 0.05) is 11.4 Å². The minimum Gasteiger partial charge on any atom is -0.465 e. The second kappa shape index (κ2) is 5.40. The molecule has 0 aliphatic heterocycles. The summed E-state index contributed by atoms with van der Waals surface area (Å²) < 4.78 is 6.53. The third-order valence-corrected chi connectivity index (χ3v) is 3.39. The first kappa shape index (κ1) is 13.5. The summed E-state index contributed by atoms with van der Waals surface area (Å²) in [6, 6.07) is 10.6. The van der Waals surface area contributed by atoms with Crippen LogP contribution < -0.4 is 5.56 Å². The number of carbonyl (C=O) groups excluding carboxylic acids is 1. The molecular formula is C14H12BrNO3.